The zero-order chi connectivity index (χ0) is 18.5. The predicted molar refractivity (Wildman–Crippen MR) is 87.0 cm³/mol. The van der Waals surface area contributed by atoms with Gasteiger partial charge in [-0.3, -0.25) is 14.4 Å². The Bertz CT molecular complexity index is 934. The maximum Gasteiger partial charge on any atom is 0.308 e. The molecule has 1 saturated heterocycles. The van der Waals surface area contributed by atoms with E-state index in [-0.39, 0.29) is 28.6 Å². The van der Waals surface area contributed by atoms with E-state index in [1.165, 1.54) is 26.0 Å². The second-order valence-electron chi connectivity index (χ2n) is 5.98. The number of fused-ring (bicyclic) bond motifs is 2. The topological polar surface area (TPSA) is 91.4 Å². The van der Waals surface area contributed by atoms with Crippen LogP contribution in [-0.2, 0) is 20.1 Å². The van der Waals surface area contributed by atoms with Crippen LogP contribution in [-0.4, -0.2) is 23.8 Å². The molecular formula is C19H14O7. The number of carbonyl (C=O) groups excluding carboxylic acids is 3. The van der Waals surface area contributed by atoms with Crippen molar-refractivity contribution < 1.29 is 33.3 Å². The van der Waals surface area contributed by atoms with Crippen LogP contribution >= 0.6 is 0 Å². The molecule has 26 heavy (non-hydrogen) atoms. The van der Waals surface area contributed by atoms with Crippen LogP contribution in [0.2, 0.25) is 0 Å². The summed E-state index contributed by atoms with van der Waals surface area (Å²) in [6.07, 6.45) is -0.828. The fraction of sp³-hybridized carbons (Fsp3) is 0.211. The lowest BCUT2D eigenvalue weighted by atomic mass is 9.95. The summed E-state index contributed by atoms with van der Waals surface area (Å²) in [5.74, 6) is -2.55. The van der Waals surface area contributed by atoms with E-state index in [0.717, 1.165) is 0 Å². The van der Waals surface area contributed by atoms with Gasteiger partial charge in [0.15, 0.2) is 6.10 Å². The van der Waals surface area contributed by atoms with E-state index in [4.69, 9.17) is 18.9 Å². The summed E-state index contributed by atoms with van der Waals surface area (Å²) in [5, 5.41) is 0. The number of ether oxygens (including phenoxy) is 4. The lowest BCUT2D eigenvalue weighted by Gasteiger charge is -2.23. The van der Waals surface area contributed by atoms with Crippen molar-refractivity contribution in [1.82, 2.24) is 0 Å². The van der Waals surface area contributed by atoms with Crippen LogP contribution in [0.4, 0.5) is 0 Å². The third kappa shape index (κ3) is 2.53. The molecule has 0 spiro atoms. The van der Waals surface area contributed by atoms with Crippen molar-refractivity contribution in [1.29, 1.82) is 0 Å². The number of carbonyl (C=O) groups is 3. The highest BCUT2D eigenvalue weighted by atomic mass is 16.8. The quantitative estimate of drug-likeness (QED) is 0.475. The highest BCUT2D eigenvalue weighted by molar-refractivity contribution is 6.08. The average molecular weight is 354 g/mol. The van der Waals surface area contributed by atoms with E-state index in [0.29, 0.717) is 5.56 Å². The van der Waals surface area contributed by atoms with Crippen molar-refractivity contribution in [3.63, 3.8) is 0 Å². The first-order valence-corrected chi connectivity index (χ1v) is 7.92. The first-order chi connectivity index (χ1) is 12.4. The SMILES string of the molecule is CC(=O)Oc1cc(OC(C)=O)c2c(c1)OC1(c3ccccc3)OC1C2=O. The minimum absolute atomic E-state index is 0.0339. The van der Waals surface area contributed by atoms with E-state index >= 15 is 0 Å². The monoisotopic (exact) mass is 354 g/mol. The summed E-state index contributed by atoms with van der Waals surface area (Å²) in [6.45, 7) is 2.45. The second-order valence-corrected chi connectivity index (χ2v) is 5.98. The van der Waals surface area contributed by atoms with Gasteiger partial charge in [0, 0.05) is 31.5 Å². The summed E-state index contributed by atoms with van der Waals surface area (Å²) in [6, 6.07) is 11.8. The summed E-state index contributed by atoms with van der Waals surface area (Å²) >= 11 is 0. The number of hydrogen-bond acceptors (Lipinski definition) is 7. The number of epoxide rings is 1. The zero-order valence-corrected chi connectivity index (χ0v) is 14.0. The van der Waals surface area contributed by atoms with E-state index in [1.54, 1.807) is 12.1 Å². The van der Waals surface area contributed by atoms with Crippen molar-refractivity contribution in [2.75, 3.05) is 0 Å². The third-order valence-corrected chi connectivity index (χ3v) is 4.06. The molecule has 0 aromatic heterocycles. The molecule has 0 N–H and O–H groups in total. The first kappa shape index (κ1) is 16.3. The smallest absolute Gasteiger partial charge is 0.308 e. The van der Waals surface area contributed by atoms with Gasteiger partial charge in [-0.15, -0.1) is 0 Å². The number of hydrogen-bond donors (Lipinski definition) is 0. The Hall–Kier alpha value is -3.19. The van der Waals surface area contributed by atoms with Gasteiger partial charge in [0.2, 0.25) is 5.78 Å². The summed E-state index contributed by atoms with van der Waals surface area (Å²) in [7, 11) is 0. The molecule has 7 nitrogen and oxygen atoms in total. The van der Waals surface area contributed by atoms with Gasteiger partial charge in [0.1, 0.15) is 22.8 Å². The van der Waals surface area contributed by atoms with Gasteiger partial charge in [0.25, 0.3) is 5.79 Å². The molecule has 0 bridgehead atoms. The van der Waals surface area contributed by atoms with Crippen LogP contribution in [0.1, 0.15) is 29.8 Å². The van der Waals surface area contributed by atoms with Crippen molar-refractivity contribution in [3.8, 4) is 17.2 Å². The lowest BCUT2D eigenvalue weighted by molar-refractivity contribution is -0.132. The number of rotatable bonds is 3. The number of esters is 2. The molecule has 0 saturated carbocycles. The lowest BCUT2D eigenvalue weighted by Crippen LogP contribution is -2.31. The number of benzene rings is 2. The first-order valence-electron chi connectivity index (χ1n) is 7.92. The van der Waals surface area contributed by atoms with E-state index in [2.05, 4.69) is 0 Å². The maximum atomic E-state index is 12.9. The molecule has 2 atom stereocenters. The Kier molecular flexibility index (Phi) is 3.55. The molecule has 7 heteroatoms. The van der Waals surface area contributed by atoms with Gasteiger partial charge in [-0.1, -0.05) is 30.3 Å². The fourth-order valence-corrected chi connectivity index (χ4v) is 3.04. The average Bonchev–Trinajstić information content (AvgIpc) is 3.30. The van der Waals surface area contributed by atoms with Crippen molar-refractivity contribution >= 4 is 17.7 Å². The Balaban J connectivity index is 1.82. The highest BCUT2D eigenvalue weighted by Gasteiger charge is 2.68. The Morgan fingerprint density at radius 1 is 1.04 bits per heavy atom. The van der Waals surface area contributed by atoms with Crippen molar-refractivity contribution in [2.45, 2.75) is 25.7 Å². The molecule has 2 aliphatic rings. The van der Waals surface area contributed by atoms with Crippen molar-refractivity contribution in [3.05, 3.63) is 53.6 Å². The molecular weight excluding hydrogens is 340 g/mol. The van der Waals surface area contributed by atoms with Gasteiger partial charge in [-0.25, -0.2) is 0 Å². The maximum absolute atomic E-state index is 12.9. The van der Waals surface area contributed by atoms with Gasteiger partial charge in [-0.2, -0.15) is 0 Å². The zero-order valence-electron chi connectivity index (χ0n) is 14.0. The number of Topliss-reactive ketones (excluding diaryl/α,β-unsaturated/α-hetero) is 1. The molecule has 2 aromatic rings. The number of ketones is 1. The fourth-order valence-electron chi connectivity index (χ4n) is 3.04. The Morgan fingerprint density at radius 3 is 2.38 bits per heavy atom. The predicted octanol–water partition coefficient (Wildman–Crippen LogP) is 2.36. The Morgan fingerprint density at radius 2 is 1.73 bits per heavy atom. The third-order valence-electron chi connectivity index (χ3n) is 4.06. The largest absolute Gasteiger partial charge is 0.453 e. The second kappa shape index (κ2) is 5.67. The van der Waals surface area contributed by atoms with Crippen LogP contribution < -0.4 is 14.2 Å². The van der Waals surface area contributed by atoms with Crippen LogP contribution in [0.25, 0.3) is 0 Å². The molecule has 2 heterocycles. The summed E-state index contributed by atoms with van der Waals surface area (Å²) in [4.78, 5) is 35.5. The minimum atomic E-state index is -1.21. The molecule has 1 fully saturated rings. The normalized spacial score (nSPS) is 22.5. The minimum Gasteiger partial charge on any atom is -0.453 e. The molecule has 0 aliphatic carbocycles. The van der Waals surface area contributed by atoms with Gasteiger partial charge in [-0.05, 0) is 0 Å². The highest BCUT2D eigenvalue weighted by Crippen LogP contribution is 2.55. The van der Waals surface area contributed by atoms with Gasteiger partial charge in [0.05, 0.1) is 0 Å². The summed E-state index contributed by atoms with van der Waals surface area (Å²) in [5.41, 5.74) is 0.779. The van der Waals surface area contributed by atoms with E-state index in [1.807, 2.05) is 18.2 Å². The molecule has 0 radical (unpaired) electrons. The van der Waals surface area contributed by atoms with Gasteiger partial charge < -0.3 is 18.9 Å². The summed E-state index contributed by atoms with van der Waals surface area (Å²) < 4.78 is 21.8. The molecule has 2 unspecified atom stereocenters. The Labute approximate surface area is 148 Å². The standard InChI is InChI=1S/C19H14O7/c1-10(20)23-13-8-14(24-11(2)21)16-15(9-13)25-19(18(26-19)17(16)22)12-6-4-3-5-7-12/h3-9,18H,1-2H3. The van der Waals surface area contributed by atoms with E-state index in [9.17, 15) is 14.4 Å². The molecule has 0 amide bonds. The molecule has 132 valence electrons. The van der Waals surface area contributed by atoms with Crippen LogP contribution in [0.5, 0.6) is 17.2 Å². The van der Waals surface area contributed by atoms with Gasteiger partial charge >= 0.3 is 11.9 Å². The van der Waals surface area contributed by atoms with Crippen molar-refractivity contribution in [2.24, 2.45) is 0 Å². The van der Waals surface area contributed by atoms with E-state index < -0.39 is 23.8 Å². The van der Waals surface area contributed by atoms with Crippen LogP contribution in [0.3, 0.4) is 0 Å². The molecule has 2 aromatic carbocycles. The van der Waals surface area contributed by atoms with Crippen LogP contribution in [0, 0.1) is 0 Å². The van der Waals surface area contributed by atoms with Crippen LogP contribution in [0.15, 0.2) is 42.5 Å². The molecule has 4 rings (SSSR count). The molecule has 2 aliphatic heterocycles.